The summed E-state index contributed by atoms with van der Waals surface area (Å²) in [7, 11) is 0. The fourth-order valence-corrected chi connectivity index (χ4v) is 6.39. The van der Waals surface area contributed by atoms with Crippen LogP contribution in [0.2, 0.25) is 0 Å². The molecule has 2 aromatic carbocycles. The third-order valence-electron chi connectivity index (χ3n) is 5.06. The zero-order chi connectivity index (χ0) is 20.9. The average Bonchev–Trinajstić information content (AvgIpc) is 3.40. The number of hydrogen-bond acceptors (Lipinski definition) is 5. The second-order valence-corrected chi connectivity index (χ2v) is 9.80. The average molecular weight is 440 g/mol. The van der Waals surface area contributed by atoms with Gasteiger partial charge in [-0.1, -0.05) is 36.4 Å². The van der Waals surface area contributed by atoms with E-state index < -0.39 is 0 Å². The summed E-state index contributed by atoms with van der Waals surface area (Å²) >= 11 is 3.86. The van der Waals surface area contributed by atoms with Gasteiger partial charge in [-0.2, -0.15) is 5.10 Å². The van der Waals surface area contributed by atoms with E-state index in [4.69, 9.17) is 4.74 Å². The third-order valence-corrected chi connectivity index (χ3v) is 8.13. The number of nitrogens with one attached hydrogen (secondary N) is 1. The molecule has 1 amide bonds. The van der Waals surface area contributed by atoms with Gasteiger partial charge in [-0.3, -0.25) is 4.79 Å². The summed E-state index contributed by atoms with van der Waals surface area (Å²) in [5.74, 6) is 2.96. The molecule has 0 unspecified atom stereocenters. The number of thioether (sulfide) groups is 2. The van der Waals surface area contributed by atoms with E-state index in [0.29, 0.717) is 11.1 Å². The largest absolute Gasteiger partial charge is 0.483 e. The number of hydrogen-bond donors (Lipinski definition) is 1. The Kier molecular flexibility index (Phi) is 6.69. The summed E-state index contributed by atoms with van der Waals surface area (Å²) in [5.41, 5.74) is 5.15. The molecule has 0 saturated carbocycles. The summed E-state index contributed by atoms with van der Waals surface area (Å²) in [6.07, 6.45) is 0. The minimum Gasteiger partial charge on any atom is -0.483 e. The van der Waals surface area contributed by atoms with Crippen LogP contribution in [0, 0.1) is 13.8 Å². The number of rotatable bonds is 7. The number of aromatic nitrogens is 2. The van der Waals surface area contributed by atoms with Crippen molar-refractivity contribution in [2.45, 2.75) is 25.0 Å². The summed E-state index contributed by atoms with van der Waals surface area (Å²) in [4.78, 5) is 12.4. The fraction of sp³-hybridized carbons (Fsp3) is 0.304. The van der Waals surface area contributed by atoms with E-state index in [1.807, 2.05) is 90.6 Å². The minimum absolute atomic E-state index is 0.00395. The number of carbonyl (C=O) groups excluding carboxylic acids is 1. The molecular formula is C23H25N3O2S2. The molecule has 1 fully saturated rings. The number of aryl methyl sites for hydroxylation is 1. The summed E-state index contributed by atoms with van der Waals surface area (Å²) in [6.45, 7) is 4.43. The predicted molar refractivity (Wildman–Crippen MR) is 124 cm³/mol. The van der Waals surface area contributed by atoms with Gasteiger partial charge >= 0.3 is 0 Å². The first-order valence-electron chi connectivity index (χ1n) is 9.95. The van der Waals surface area contributed by atoms with E-state index in [2.05, 4.69) is 16.5 Å². The van der Waals surface area contributed by atoms with Crippen LogP contribution in [0.3, 0.4) is 0 Å². The summed E-state index contributed by atoms with van der Waals surface area (Å²) < 4.78 is 8.18. The van der Waals surface area contributed by atoms with Crippen molar-refractivity contribution in [3.8, 4) is 11.4 Å². The first-order chi connectivity index (χ1) is 14.6. The molecule has 7 heteroatoms. The predicted octanol–water partition coefficient (Wildman–Crippen LogP) is 4.66. The highest BCUT2D eigenvalue weighted by Crippen LogP contribution is 2.48. The summed E-state index contributed by atoms with van der Waals surface area (Å²) in [6, 6.07) is 18.0. The topological polar surface area (TPSA) is 56.2 Å². The van der Waals surface area contributed by atoms with Crippen molar-refractivity contribution in [3.63, 3.8) is 0 Å². The molecule has 156 valence electrons. The standard InChI is InChI=1S/C23H25N3O2S2/c1-16-20(17(2)26(25-16)18-8-4-3-5-9-18)14-24-22(27)15-28-21-11-7-6-10-19(21)23-29-12-13-30-23/h3-11,23H,12-15H2,1-2H3,(H,24,27). The number of para-hydroxylation sites is 2. The lowest BCUT2D eigenvalue weighted by molar-refractivity contribution is -0.123. The molecule has 2 heterocycles. The van der Waals surface area contributed by atoms with Crippen molar-refractivity contribution in [1.82, 2.24) is 15.1 Å². The lowest BCUT2D eigenvalue weighted by Crippen LogP contribution is -2.29. The zero-order valence-corrected chi connectivity index (χ0v) is 18.8. The van der Waals surface area contributed by atoms with E-state index >= 15 is 0 Å². The number of ether oxygens (including phenoxy) is 1. The second-order valence-electron chi connectivity index (χ2n) is 7.07. The highest BCUT2D eigenvalue weighted by atomic mass is 32.2. The van der Waals surface area contributed by atoms with Gasteiger partial charge in [0.2, 0.25) is 0 Å². The number of nitrogens with zero attached hydrogens (tertiary/aromatic N) is 2. The summed E-state index contributed by atoms with van der Waals surface area (Å²) in [5, 5.41) is 7.61. The van der Waals surface area contributed by atoms with Gasteiger partial charge in [-0.25, -0.2) is 4.68 Å². The van der Waals surface area contributed by atoms with Crippen molar-refractivity contribution in [3.05, 3.63) is 77.1 Å². The molecule has 4 rings (SSSR count). The van der Waals surface area contributed by atoms with Crippen LogP contribution < -0.4 is 10.1 Å². The van der Waals surface area contributed by atoms with Crippen molar-refractivity contribution in [1.29, 1.82) is 0 Å². The molecule has 0 atom stereocenters. The number of benzene rings is 2. The SMILES string of the molecule is Cc1nn(-c2ccccc2)c(C)c1CNC(=O)COc1ccccc1C1SCCS1. The van der Waals surface area contributed by atoms with Crippen LogP contribution in [0.1, 0.15) is 27.1 Å². The molecule has 5 nitrogen and oxygen atoms in total. The number of amides is 1. The van der Waals surface area contributed by atoms with E-state index in [-0.39, 0.29) is 12.5 Å². The van der Waals surface area contributed by atoms with Crippen LogP contribution in [0.5, 0.6) is 5.75 Å². The Morgan fingerprint density at radius 1 is 1.10 bits per heavy atom. The van der Waals surface area contributed by atoms with Gasteiger partial charge in [0.05, 0.1) is 16.0 Å². The van der Waals surface area contributed by atoms with E-state index in [0.717, 1.165) is 45.5 Å². The molecule has 1 aliphatic rings. The van der Waals surface area contributed by atoms with Gasteiger partial charge in [-0.15, -0.1) is 23.5 Å². The lowest BCUT2D eigenvalue weighted by atomic mass is 10.2. The fourth-order valence-electron chi connectivity index (χ4n) is 3.48. The van der Waals surface area contributed by atoms with Crippen molar-refractivity contribution < 1.29 is 9.53 Å². The molecule has 3 aromatic rings. The monoisotopic (exact) mass is 439 g/mol. The second kappa shape index (κ2) is 9.62. The van der Waals surface area contributed by atoms with Crippen molar-refractivity contribution in [2.24, 2.45) is 0 Å². The molecule has 1 aliphatic heterocycles. The van der Waals surface area contributed by atoms with Crippen molar-refractivity contribution >= 4 is 29.4 Å². The van der Waals surface area contributed by atoms with Gasteiger partial charge < -0.3 is 10.1 Å². The molecular weight excluding hydrogens is 414 g/mol. The first kappa shape index (κ1) is 20.9. The van der Waals surface area contributed by atoms with Crippen molar-refractivity contribution in [2.75, 3.05) is 18.1 Å². The highest BCUT2D eigenvalue weighted by molar-refractivity contribution is 8.19. The Labute approximate surface area is 185 Å². The normalized spacial score (nSPS) is 14.1. The Morgan fingerprint density at radius 3 is 2.57 bits per heavy atom. The van der Waals surface area contributed by atoms with Gasteiger partial charge in [0, 0.05) is 34.9 Å². The Morgan fingerprint density at radius 2 is 1.80 bits per heavy atom. The van der Waals surface area contributed by atoms with Crippen LogP contribution in [0.15, 0.2) is 54.6 Å². The van der Waals surface area contributed by atoms with Crippen LogP contribution in [-0.4, -0.2) is 33.8 Å². The maximum absolute atomic E-state index is 12.4. The lowest BCUT2D eigenvalue weighted by Gasteiger charge is -2.15. The minimum atomic E-state index is -0.136. The van der Waals surface area contributed by atoms with Crippen LogP contribution in [0.25, 0.3) is 5.69 Å². The van der Waals surface area contributed by atoms with Gasteiger partial charge in [0.25, 0.3) is 5.91 Å². The van der Waals surface area contributed by atoms with Gasteiger partial charge in [-0.05, 0) is 32.0 Å². The molecule has 30 heavy (non-hydrogen) atoms. The molecule has 1 aromatic heterocycles. The third kappa shape index (κ3) is 4.68. The maximum atomic E-state index is 12.4. The smallest absolute Gasteiger partial charge is 0.258 e. The van der Waals surface area contributed by atoms with Gasteiger partial charge in [0.1, 0.15) is 5.75 Å². The highest BCUT2D eigenvalue weighted by Gasteiger charge is 2.22. The van der Waals surface area contributed by atoms with Gasteiger partial charge in [0.15, 0.2) is 6.61 Å². The first-order valence-corrected chi connectivity index (χ1v) is 12.1. The molecule has 1 N–H and O–H groups in total. The molecule has 0 bridgehead atoms. The Balaban J connectivity index is 1.37. The molecule has 0 radical (unpaired) electrons. The van der Waals surface area contributed by atoms with Crippen LogP contribution in [0.4, 0.5) is 0 Å². The Bertz CT molecular complexity index is 1010. The molecule has 0 aliphatic carbocycles. The molecule has 0 spiro atoms. The van der Waals surface area contributed by atoms with Crippen LogP contribution in [-0.2, 0) is 11.3 Å². The van der Waals surface area contributed by atoms with E-state index in [9.17, 15) is 4.79 Å². The van der Waals surface area contributed by atoms with Crippen LogP contribution >= 0.6 is 23.5 Å². The zero-order valence-electron chi connectivity index (χ0n) is 17.1. The number of carbonyl (C=O) groups is 1. The maximum Gasteiger partial charge on any atom is 0.258 e. The molecule has 1 saturated heterocycles. The van der Waals surface area contributed by atoms with E-state index in [1.165, 1.54) is 0 Å². The Hall–Kier alpha value is -2.38. The van der Waals surface area contributed by atoms with E-state index in [1.54, 1.807) is 0 Å². The quantitative estimate of drug-likeness (QED) is 0.580.